The molecule has 0 aromatic heterocycles. The topological polar surface area (TPSA) is 12.4 Å². The maximum absolute atomic E-state index is 5.29. The molecular weight excluding hydrogens is 134 g/mol. The molecule has 1 nitrogen and oxygen atoms in total. The van der Waals surface area contributed by atoms with Crippen LogP contribution in [0.1, 0.15) is 13.8 Å². The molecule has 0 fully saturated rings. The quantitative estimate of drug-likeness (QED) is 0.419. The van der Waals surface area contributed by atoms with Crippen molar-refractivity contribution < 1.29 is 0 Å². The summed E-state index contributed by atoms with van der Waals surface area (Å²) in [5.74, 6) is 0. The van der Waals surface area contributed by atoms with Crippen molar-refractivity contribution in [2.45, 2.75) is 13.8 Å². The largest absolute Gasteiger partial charge is 0.272 e. The zero-order valence-electron chi connectivity index (χ0n) is 5.89. The Hall–Kier alpha value is -0.560. The van der Waals surface area contributed by atoms with E-state index in [4.69, 9.17) is 11.6 Å². The number of aliphatic imine (C=N–C) groups is 1. The molecule has 0 unspecified atom stereocenters. The van der Waals surface area contributed by atoms with E-state index in [1.807, 2.05) is 13.8 Å². The van der Waals surface area contributed by atoms with Crippen molar-refractivity contribution in [1.29, 1.82) is 0 Å². The average molecular weight is 146 g/mol. The summed E-state index contributed by atoms with van der Waals surface area (Å²) in [6, 6.07) is 0. The van der Waals surface area contributed by atoms with Gasteiger partial charge in [-0.1, -0.05) is 32.0 Å². The van der Waals surface area contributed by atoms with Gasteiger partial charge in [-0.15, -0.1) is 0 Å². The second kappa shape index (κ2) is 10.4. The predicted octanol–water partition coefficient (Wildman–Crippen LogP) is 2.98. The van der Waals surface area contributed by atoms with Gasteiger partial charge in [0.25, 0.3) is 0 Å². The Morgan fingerprint density at radius 2 is 2.00 bits per heavy atom. The van der Waals surface area contributed by atoms with E-state index >= 15 is 0 Å². The highest BCUT2D eigenvalue weighted by molar-refractivity contribution is 6.30. The highest BCUT2D eigenvalue weighted by Crippen LogP contribution is 1.96. The van der Waals surface area contributed by atoms with E-state index in [0.717, 1.165) is 0 Å². The van der Waals surface area contributed by atoms with Crippen molar-refractivity contribution in [2.24, 2.45) is 4.99 Å². The minimum atomic E-state index is 0.465. The Labute approximate surface area is 61.8 Å². The molecule has 0 aromatic carbocycles. The number of rotatable bonds is 2. The first kappa shape index (κ1) is 11.3. The fraction of sp³-hybridized carbons (Fsp3) is 0.286. The summed E-state index contributed by atoms with van der Waals surface area (Å²) >= 11 is 5.29. The van der Waals surface area contributed by atoms with Crippen molar-refractivity contribution in [3.63, 3.8) is 0 Å². The molecule has 0 rings (SSSR count). The van der Waals surface area contributed by atoms with Crippen molar-refractivity contribution in [3.05, 3.63) is 23.9 Å². The van der Waals surface area contributed by atoms with Gasteiger partial charge in [-0.2, -0.15) is 0 Å². The molecule has 0 heterocycles. The molecule has 9 heavy (non-hydrogen) atoms. The van der Waals surface area contributed by atoms with Crippen LogP contribution in [0.5, 0.6) is 0 Å². The molecule has 0 bridgehead atoms. The fourth-order valence-corrected chi connectivity index (χ4v) is 0.190. The molecule has 0 amide bonds. The number of hydrogen-bond acceptors (Lipinski definition) is 1. The molecule has 0 radical (unpaired) electrons. The monoisotopic (exact) mass is 145 g/mol. The van der Waals surface area contributed by atoms with E-state index in [2.05, 4.69) is 18.3 Å². The summed E-state index contributed by atoms with van der Waals surface area (Å²) in [5.41, 5.74) is 0. The Morgan fingerprint density at radius 3 is 2.11 bits per heavy atom. The first-order valence-corrected chi connectivity index (χ1v) is 3.12. The molecule has 0 spiro atoms. The molecule has 0 aliphatic heterocycles. The lowest BCUT2D eigenvalue weighted by Gasteiger charge is -1.73. The van der Waals surface area contributed by atoms with Gasteiger partial charge in [0.1, 0.15) is 0 Å². The number of nitrogens with zero attached hydrogens (tertiary/aromatic N) is 1. The summed E-state index contributed by atoms with van der Waals surface area (Å²) in [4.78, 5) is 3.40. The second-order valence-electron chi connectivity index (χ2n) is 0.945. The molecule has 0 aliphatic rings. The van der Waals surface area contributed by atoms with Gasteiger partial charge in [-0.25, -0.2) is 0 Å². The second-order valence-corrected chi connectivity index (χ2v) is 1.43. The summed E-state index contributed by atoms with van der Waals surface area (Å²) in [6.45, 7) is 10.6. The third kappa shape index (κ3) is 18.6. The van der Waals surface area contributed by atoms with Gasteiger partial charge in [0.2, 0.25) is 0 Å². The lowest BCUT2D eigenvalue weighted by atomic mass is 10.6. The third-order valence-corrected chi connectivity index (χ3v) is 0.487. The zero-order chi connectivity index (χ0) is 7.70. The van der Waals surface area contributed by atoms with Gasteiger partial charge in [0.05, 0.1) is 0 Å². The fourth-order valence-electron chi connectivity index (χ4n) is 0.134. The number of allylic oxidation sites excluding steroid dienone is 2. The van der Waals surface area contributed by atoms with E-state index in [1.54, 1.807) is 6.08 Å². The predicted molar refractivity (Wildman–Crippen MR) is 45.0 cm³/mol. The molecule has 0 aromatic rings. The highest BCUT2D eigenvalue weighted by Gasteiger charge is 1.69. The standard InChI is InChI=1S/C5H6ClN.C2H6/c1-5(6)3-4-7-2;1-2/h3-4H,1-2H2;1-2H3/b4-3-;. The Bertz CT molecular complexity index is 105. The van der Waals surface area contributed by atoms with Gasteiger partial charge >= 0.3 is 0 Å². The first-order valence-electron chi connectivity index (χ1n) is 2.74. The van der Waals surface area contributed by atoms with E-state index in [0.29, 0.717) is 5.03 Å². The van der Waals surface area contributed by atoms with Gasteiger partial charge < -0.3 is 0 Å². The van der Waals surface area contributed by atoms with Crippen LogP contribution in [0.3, 0.4) is 0 Å². The summed E-state index contributed by atoms with van der Waals surface area (Å²) in [6.07, 6.45) is 3.05. The summed E-state index contributed by atoms with van der Waals surface area (Å²) in [7, 11) is 0. The Kier molecular flexibility index (Phi) is 13.1. The van der Waals surface area contributed by atoms with Crippen molar-refractivity contribution in [2.75, 3.05) is 0 Å². The van der Waals surface area contributed by atoms with E-state index in [9.17, 15) is 0 Å². The van der Waals surface area contributed by atoms with Crippen LogP contribution in [0.4, 0.5) is 0 Å². The Morgan fingerprint density at radius 1 is 1.56 bits per heavy atom. The van der Waals surface area contributed by atoms with E-state index in [1.165, 1.54) is 6.20 Å². The minimum Gasteiger partial charge on any atom is -0.272 e. The van der Waals surface area contributed by atoms with Crippen LogP contribution in [0.25, 0.3) is 0 Å². The summed E-state index contributed by atoms with van der Waals surface area (Å²) in [5, 5.41) is 0.465. The maximum atomic E-state index is 5.29. The third-order valence-electron chi connectivity index (χ3n) is 0.361. The zero-order valence-corrected chi connectivity index (χ0v) is 6.65. The van der Waals surface area contributed by atoms with Crippen LogP contribution in [-0.2, 0) is 0 Å². The number of hydrogen-bond donors (Lipinski definition) is 0. The van der Waals surface area contributed by atoms with Crippen LogP contribution in [0.15, 0.2) is 28.9 Å². The van der Waals surface area contributed by atoms with E-state index in [-0.39, 0.29) is 0 Å². The molecule has 2 heteroatoms. The molecule has 0 aliphatic carbocycles. The molecule has 0 atom stereocenters. The van der Waals surface area contributed by atoms with Gasteiger partial charge in [0.15, 0.2) is 0 Å². The molecule has 0 N–H and O–H groups in total. The minimum absolute atomic E-state index is 0.465. The smallest absolute Gasteiger partial charge is 0.0349 e. The van der Waals surface area contributed by atoms with Crippen LogP contribution in [0.2, 0.25) is 0 Å². The first-order chi connectivity index (χ1) is 4.27. The maximum Gasteiger partial charge on any atom is 0.0349 e. The van der Waals surface area contributed by atoms with Gasteiger partial charge in [0, 0.05) is 11.2 Å². The molecule has 0 saturated carbocycles. The van der Waals surface area contributed by atoms with Crippen LogP contribution in [0, 0.1) is 0 Å². The van der Waals surface area contributed by atoms with E-state index < -0.39 is 0 Å². The van der Waals surface area contributed by atoms with Crippen molar-refractivity contribution in [1.82, 2.24) is 0 Å². The normalized spacial score (nSPS) is 7.89. The van der Waals surface area contributed by atoms with Crippen LogP contribution >= 0.6 is 11.6 Å². The summed E-state index contributed by atoms with van der Waals surface area (Å²) < 4.78 is 0. The van der Waals surface area contributed by atoms with Crippen LogP contribution < -0.4 is 0 Å². The van der Waals surface area contributed by atoms with Gasteiger partial charge in [-0.3, -0.25) is 4.99 Å². The molecule has 0 saturated heterocycles. The van der Waals surface area contributed by atoms with Crippen LogP contribution in [-0.4, -0.2) is 6.72 Å². The highest BCUT2D eigenvalue weighted by atomic mass is 35.5. The van der Waals surface area contributed by atoms with Gasteiger partial charge in [-0.05, 0) is 12.8 Å². The van der Waals surface area contributed by atoms with Crippen molar-refractivity contribution >= 4 is 18.3 Å². The molecular formula is C7H12ClN. The lowest BCUT2D eigenvalue weighted by molar-refractivity contribution is 1.50. The lowest BCUT2D eigenvalue weighted by Crippen LogP contribution is -1.51. The molecule has 52 valence electrons. The Balaban J connectivity index is 0. The average Bonchev–Trinajstić information content (AvgIpc) is 1.88. The van der Waals surface area contributed by atoms with Crippen molar-refractivity contribution in [3.8, 4) is 0 Å². The number of halogens is 1. The SMILES string of the molecule is C=N/C=C\C(=C)Cl.CC.